The zero-order chi connectivity index (χ0) is 13.7. The van der Waals surface area contributed by atoms with Crippen LogP contribution in [-0.4, -0.2) is 54.5 Å². The van der Waals surface area contributed by atoms with Crippen molar-refractivity contribution < 1.29 is 4.79 Å². The van der Waals surface area contributed by atoms with Crippen LogP contribution in [0.2, 0.25) is 0 Å². The molecular weight excluding hydrogens is 226 g/mol. The average molecular weight is 255 g/mol. The highest BCUT2D eigenvalue weighted by Gasteiger charge is 2.29. The molecule has 1 rings (SSSR count). The van der Waals surface area contributed by atoms with Crippen LogP contribution in [0.1, 0.15) is 40.0 Å². The fourth-order valence-electron chi connectivity index (χ4n) is 2.70. The summed E-state index contributed by atoms with van der Waals surface area (Å²) < 4.78 is 0. The molecule has 4 nitrogen and oxygen atoms in total. The summed E-state index contributed by atoms with van der Waals surface area (Å²) in [6.07, 6.45) is 2.83. The normalized spacial score (nSPS) is 24.1. The quantitative estimate of drug-likeness (QED) is 0.824. The van der Waals surface area contributed by atoms with E-state index in [9.17, 15) is 4.79 Å². The minimum atomic E-state index is -0.331. The maximum Gasteiger partial charge on any atom is 0.239 e. The highest BCUT2D eigenvalue weighted by Crippen LogP contribution is 2.15. The fourth-order valence-corrected chi connectivity index (χ4v) is 2.70. The molecule has 0 saturated carbocycles. The summed E-state index contributed by atoms with van der Waals surface area (Å²) in [6, 6.07) is -0.00864. The molecule has 0 aromatic rings. The lowest BCUT2D eigenvalue weighted by Gasteiger charge is -2.32. The van der Waals surface area contributed by atoms with E-state index in [0.29, 0.717) is 12.0 Å². The van der Waals surface area contributed by atoms with Crippen LogP contribution in [0.3, 0.4) is 0 Å². The van der Waals surface area contributed by atoms with Crippen molar-refractivity contribution in [2.75, 3.05) is 26.7 Å². The fraction of sp³-hybridized carbons (Fsp3) is 0.929. The molecule has 0 aliphatic carbocycles. The number of nitrogens with two attached hydrogens (primary N) is 1. The molecule has 1 unspecified atom stereocenters. The van der Waals surface area contributed by atoms with Crippen molar-refractivity contribution >= 4 is 5.91 Å². The van der Waals surface area contributed by atoms with Gasteiger partial charge in [-0.2, -0.15) is 0 Å². The SMILES string of the molecule is CCC1CN(C)CCCN1C(=O)[C@@H](N)CC(C)C. The van der Waals surface area contributed by atoms with Gasteiger partial charge in [0.25, 0.3) is 0 Å². The molecule has 18 heavy (non-hydrogen) atoms. The van der Waals surface area contributed by atoms with Crippen molar-refractivity contribution in [3.8, 4) is 0 Å². The zero-order valence-electron chi connectivity index (χ0n) is 12.4. The molecule has 1 fully saturated rings. The lowest BCUT2D eigenvalue weighted by Crippen LogP contribution is -2.50. The molecule has 0 aromatic heterocycles. The summed E-state index contributed by atoms with van der Waals surface area (Å²) in [5.41, 5.74) is 6.05. The standard InChI is InChI=1S/C14H29N3O/c1-5-12-10-16(4)7-6-8-17(12)14(18)13(15)9-11(2)3/h11-13H,5-10,15H2,1-4H3/t12?,13-/m0/s1. The van der Waals surface area contributed by atoms with Crippen molar-refractivity contribution in [3.63, 3.8) is 0 Å². The van der Waals surface area contributed by atoms with Crippen molar-refractivity contribution in [3.05, 3.63) is 0 Å². The van der Waals surface area contributed by atoms with Crippen LogP contribution in [0, 0.1) is 5.92 Å². The van der Waals surface area contributed by atoms with Crippen LogP contribution < -0.4 is 5.73 Å². The van der Waals surface area contributed by atoms with Gasteiger partial charge < -0.3 is 15.5 Å². The molecule has 2 N–H and O–H groups in total. The second-order valence-electron chi connectivity index (χ2n) is 5.95. The predicted octanol–water partition coefficient (Wildman–Crippen LogP) is 1.30. The van der Waals surface area contributed by atoms with Gasteiger partial charge >= 0.3 is 0 Å². The van der Waals surface area contributed by atoms with Crippen molar-refractivity contribution in [2.45, 2.75) is 52.1 Å². The number of rotatable bonds is 4. The molecule has 2 atom stereocenters. The topological polar surface area (TPSA) is 49.6 Å². The summed E-state index contributed by atoms with van der Waals surface area (Å²) in [5, 5.41) is 0. The summed E-state index contributed by atoms with van der Waals surface area (Å²) >= 11 is 0. The third kappa shape index (κ3) is 4.25. The van der Waals surface area contributed by atoms with Crippen LogP contribution in [0.25, 0.3) is 0 Å². The Kier molecular flexibility index (Phi) is 6.09. The van der Waals surface area contributed by atoms with Gasteiger partial charge in [-0.25, -0.2) is 0 Å². The van der Waals surface area contributed by atoms with Gasteiger partial charge in [0, 0.05) is 19.1 Å². The lowest BCUT2D eigenvalue weighted by molar-refractivity contribution is -0.135. The van der Waals surface area contributed by atoms with E-state index in [-0.39, 0.29) is 11.9 Å². The van der Waals surface area contributed by atoms with Crippen LogP contribution in [0.4, 0.5) is 0 Å². The first-order valence-electron chi connectivity index (χ1n) is 7.20. The Bertz CT molecular complexity index is 268. The van der Waals surface area contributed by atoms with Gasteiger partial charge in [0.2, 0.25) is 5.91 Å². The first kappa shape index (κ1) is 15.4. The molecule has 0 radical (unpaired) electrons. The Labute approximate surface area is 111 Å². The van der Waals surface area contributed by atoms with Gasteiger partial charge in [-0.15, -0.1) is 0 Å². The van der Waals surface area contributed by atoms with Gasteiger partial charge in [-0.3, -0.25) is 4.79 Å². The second kappa shape index (κ2) is 7.10. The Morgan fingerprint density at radius 1 is 1.39 bits per heavy atom. The first-order valence-corrected chi connectivity index (χ1v) is 7.20. The van der Waals surface area contributed by atoms with E-state index in [4.69, 9.17) is 5.73 Å². The maximum atomic E-state index is 12.4. The number of carbonyl (C=O) groups excluding carboxylic acids is 1. The van der Waals surface area contributed by atoms with Gasteiger partial charge in [-0.1, -0.05) is 20.8 Å². The number of carbonyl (C=O) groups is 1. The number of amides is 1. The van der Waals surface area contributed by atoms with Crippen LogP contribution in [0.15, 0.2) is 0 Å². The molecule has 0 bridgehead atoms. The number of hydrogen-bond donors (Lipinski definition) is 1. The molecule has 4 heteroatoms. The van der Waals surface area contributed by atoms with Gasteiger partial charge in [0.05, 0.1) is 6.04 Å². The third-order valence-electron chi connectivity index (χ3n) is 3.70. The maximum absolute atomic E-state index is 12.4. The summed E-state index contributed by atoms with van der Waals surface area (Å²) in [4.78, 5) is 16.8. The molecular formula is C14H29N3O. The molecule has 1 aliphatic heterocycles. The molecule has 1 saturated heterocycles. The summed E-state index contributed by atoms with van der Waals surface area (Å²) in [5.74, 6) is 0.615. The van der Waals surface area contributed by atoms with Crippen molar-refractivity contribution in [2.24, 2.45) is 11.7 Å². The molecule has 0 spiro atoms. The summed E-state index contributed by atoms with van der Waals surface area (Å²) in [7, 11) is 2.13. The monoisotopic (exact) mass is 255 g/mol. The number of likely N-dealkylation sites (N-methyl/N-ethyl adjacent to an activating group) is 1. The van der Waals surface area contributed by atoms with Crippen LogP contribution in [0.5, 0.6) is 0 Å². The molecule has 0 aromatic carbocycles. The summed E-state index contributed by atoms with van der Waals surface area (Å²) in [6.45, 7) is 9.27. The van der Waals surface area contributed by atoms with Crippen LogP contribution >= 0.6 is 0 Å². The van der Waals surface area contributed by atoms with E-state index in [1.54, 1.807) is 0 Å². The minimum absolute atomic E-state index is 0.144. The third-order valence-corrected chi connectivity index (χ3v) is 3.70. The number of nitrogens with zero attached hydrogens (tertiary/aromatic N) is 2. The minimum Gasteiger partial charge on any atom is -0.337 e. The van der Waals surface area contributed by atoms with E-state index in [2.05, 4.69) is 32.7 Å². The molecule has 1 heterocycles. The Balaban J connectivity index is 2.68. The molecule has 1 aliphatic rings. The Hall–Kier alpha value is -0.610. The van der Waals surface area contributed by atoms with E-state index in [0.717, 1.165) is 38.9 Å². The smallest absolute Gasteiger partial charge is 0.239 e. The van der Waals surface area contributed by atoms with Crippen molar-refractivity contribution in [1.82, 2.24) is 9.80 Å². The van der Waals surface area contributed by atoms with E-state index in [1.165, 1.54) is 0 Å². The van der Waals surface area contributed by atoms with Crippen LogP contribution in [-0.2, 0) is 4.79 Å². The highest BCUT2D eigenvalue weighted by molar-refractivity contribution is 5.82. The van der Waals surface area contributed by atoms with Gasteiger partial charge in [-0.05, 0) is 38.8 Å². The number of hydrogen-bond acceptors (Lipinski definition) is 3. The van der Waals surface area contributed by atoms with E-state index in [1.807, 2.05) is 4.90 Å². The molecule has 1 amide bonds. The van der Waals surface area contributed by atoms with Crippen molar-refractivity contribution in [1.29, 1.82) is 0 Å². The second-order valence-corrected chi connectivity index (χ2v) is 5.95. The first-order chi connectivity index (χ1) is 8.45. The van der Waals surface area contributed by atoms with E-state index < -0.39 is 0 Å². The van der Waals surface area contributed by atoms with Gasteiger partial charge in [0.1, 0.15) is 0 Å². The predicted molar refractivity (Wildman–Crippen MR) is 75.3 cm³/mol. The lowest BCUT2D eigenvalue weighted by atomic mass is 10.0. The zero-order valence-corrected chi connectivity index (χ0v) is 12.4. The highest BCUT2D eigenvalue weighted by atomic mass is 16.2. The van der Waals surface area contributed by atoms with E-state index >= 15 is 0 Å². The molecule has 106 valence electrons. The largest absolute Gasteiger partial charge is 0.337 e. The van der Waals surface area contributed by atoms with Gasteiger partial charge in [0.15, 0.2) is 0 Å². The Morgan fingerprint density at radius 3 is 2.61 bits per heavy atom. The Morgan fingerprint density at radius 2 is 2.06 bits per heavy atom. The average Bonchev–Trinajstić information content (AvgIpc) is 2.48.